The van der Waals surface area contributed by atoms with Crippen molar-refractivity contribution in [3.8, 4) is 0 Å². The molecular weight excluding hydrogens is 372 g/mol. The Kier molecular flexibility index (Phi) is 8.47. The first-order valence-electron chi connectivity index (χ1n) is 7.86. The van der Waals surface area contributed by atoms with Gasteiger partial charge in [0.05, 0.1) is 13.2 Å². The number of hydrogen-bond acceptors (Lipinski definition) is 4. The fourth-order valence-corrected chi connectivity index (χ4v) is 3.06. The second kappa shape index (κ2) is 10.1. The molecule has 0 spiro atoms. The minimum Gasteiger partial charge on any atom is -0.465 e. The summed E-state index contributed by atoms with van der Waals surface area (Å²) in [5, 5.41) is 0. The van der Waals surface area contributed by atoms with Crippen molar-refractivity contribution in [2.75, 3.05) is 13.2 Å². The van der Waals surface area contributed by atoms with Gasteiger partial charge in [-0.25, -0.2) is 0 Å². The fraction of sp³-hybridized carbons (Fsp3) is 0.368. The largest absolute Gasteiger partial charge is 0.465 e. The maximum Gasteiger partial charge on any atom is 0.324 e. The third-order valence-electron chi connectivity index (χ3n) is 3.42. The average molecular weight is 395 g/mol. The molecule has 0 amide bonds. The van der Waals surface area contributed by atoms with E-state index in [-0.39, 0.29) is 26.1 Å². The summed E-state index contributed by atoms with van der Waals surface area (Å²) in [5.74, 6) is -1.19. The highest BCUT2D eigenvalue weighted by molar-refractivity contribution is 9.11. The molecule has 0 aromatic heterocycles. The fourth-order valence-electron chi connectivity index (χ4n) is 2.32. The lowest BCUT2D eigenvalue weighted by molar-refractivity contribution is -0.171. The van der Waals surface area contributed by atoms with Gasteiger partial charge in [-0.05, 0) is 36.4 Å². The lowest BCUT2D eigenvalue weighted by Gasteiger charge is -2.28. The van der Waals surface area contributed by atoms with Crippen LogP contribution in [0.5, 0.6) is 0 Å². The number of rotatable bonds is 9. The van der Waals surface area contributed by atoms with Crippen LogP contribution in [0.2, 0.25) is 0 Å². The van der Waals surface area contributed by atoms with Crippen molar-refractivity contribution >= 4 is 33.9 Å². The van der Waals surface area contributed by atoms with Crippen LogP contribution in [0, 0.1) is 5.41 Å². The summed E-state index contributed by atoms with van der Waals surface area (Å²) in [6.45, 7) is 7.46. The molecule has 0 aliphatic heterocycles. The Balaban J connectivity index is 3.19. The molecule has 0 saturated carbocycles. The van der Waals surface area contributed by atoms with E-state index >= 15 is 0 Å². The molecule has 0 heterocycles. The number of halogens is 1. The molecule has 130 valence electrons. The van der Waals surface area contributed by atoms with Crippen LogP contribution in [-0.2, 0) is 19.1 Å². The van der Waals surface area contributed by atoms with Gasteiger partial charge in [0.1, 0.15) is 0 Å². The minimum atomic E-state index is -1.43. The van der Waals surface area contributed by atoms with Crippen LogP contribution in [0.15, 0.2) is 47.5 Å². The maximum absolute atomic E-state index is 12.5. The van der Waals surface area contributed by atoms with Crippen LogP contribution in [0.3, 0.4) is 0 Å². The van der Waals surface area contributed by atoms with Gasteiger partial charge in [0.25, 0.3) is 0 Å². The van der Waals surface area contributed by atoms with Crippen molar-refractivity contribution in [3.63, 3.8) is 0 Å². The van der Waals surface area contributed by atoms with Gasteiger partial charge in [-0.3, -0.25) is 9.59 Å². The number of ether oxygens (including phenoxy) is 2. The maximum atomic E-state index is 12.5. The van der Waals surface area contributed by atoms with Crippen molar-refractivity contribution in [2.24, 2.45) is 5.41 Å². The number of carbonyl (C=O) groups excluding carboxylic acids is 2. The quantitative estimate of drug-likeness (QED) is 0.351. The minimum absolute atomic E-state index is 0.141. The smallest absolute Gasteiger partial charge is 0.324 e. The third-order valence-corrected chi connectivity index (χ3v) is 3.93. The summed E-state index contributed by atoms with van der Waals surface area (Å²) in [6.07, 6.45) is 3.70. The third kappa shape index (κ3) is 5.34. The molecule has 0 bridgehead atoms. The summed E-state index contributed by atoms with van der Waals surface area (Å²) in [5.41, 5.74) is -0.470. The van der Waals surface area contributed by atoms with Crippen molar-refractivity contribution in [3.05, 3.63) is 53.0 Å². The van der Waals surface area contributed by atoms with Gasteiger partial charge in [0, 0.05) is 6.42 Å². The molecule has 5 heteroatoms. The van der Waals surface area contributed by atoms with Gasteiger partial charge >= 0.3 is 11.9 Å². The molecule has 24 heavy (non-hydrogen) atoms. The molecule has 0 aliphatic rings. The zero-order valence-corrected chi connectivity index (χ0v) is 15.7. The van der Waals surface area contributed by atoms with Crippen LogP contribution < -0.4 is 0 Å². The lowest BCUT2D eigenvalue weighted by atomic mass is 9.80. The topological polar surface area (TPSA) is 52.6 Å². The normalized spacial score (nSPS) is 11.7. The van der Waals surface area contributed by atoms with Gasteiger partial charge in [-0.2, -0.15) is 0 Å². The number of carbonyl (C=O) groups is 2. The molecule has 0 N–H and O–H groups in total. The molecule has 1 rings (SSSR count). The predicted molar refractivity (Wildman–Crippen MR) is 98.5 cm³/mol. The zero-order chi connectivity index (χ0) is 18.0. The average Bonchev–Trinajstić information content (AvgIpc) is 2.55. The first-order valence-corrected chi connectivity index (χ1v) is 8.66. The van der Waals surface area contributed by atoms with Crippen LogP contribution in [0.25, 0.3) is 6.08 Å². The van der Waals surface area contributed by atoms with Crippen molar-refractivity contribution in [2.45, 2.75) is 26.7 Å². The van der Waals surface area contributed by atoms with E-state index in [9.17, 15) is 9.59 Å². The van der Waals surface area contributed by atoms with Crippen LogP contribution >= 0.6 is 15.9 Å². The number of esters is 2. The molecule has 1 aromatic carbocycles. The zero-order valence-electron chi connectivity index (χ0n) is 14.1. The summed E-state index contributed by atoms with van der Waals surface area (Å²) < 4.78 is 11.0. The Labute approximate surface area is 151 Å². The summed E-state index contributed by atoms with van der Waals surface area (Å²) in [4.78, 5) is 25.1. The molecule has 0 atom stereocenters. The highest BCUT2D eigenvalue weighted by atomic mass is 79.9. The summed E-state index contributed by atoms with van der Waals surface area (Å²) in [6, 6.07) is 9.63. The van der Waals surface area contributed by atoms with Gasteiger partial charge in [-0.1, -0.05) is 52.3 Å². The van der Waals surface area contributed by atoms with E-state index in [1.54, 1.807) is 13.8 Å². The first kappa shape index (κ1) is 20.2. The summed E-state index contributed by atoms with van der Waals surface area (Å²) in [7, 11) is 0. The molecule has 1 aromatic rings. The van der Waals surface area contributed by atoms with Gasteiger partial charge in [0.15, 0.2) is 5.41 Å². The van der Waals surface area contributed by atoms with Gasteiger partial charge in [0.2, 0.25) is 0 Å². The Bertz CT molecular complexity index is 575. The van der Waals surface area contributed by atoms with Crippen molar-refractivity contribution < 1.29 is 19.1 Å². The number of benzene rings is 1. The second-order valence-corrected chi connectivity index (χ2v) is 6.21. The SMILES string of the molecule is C=CCC(C/C(Br)=C/c1ccccc1)(C(=O)OCC)C(=O)OCC. The van der Waals surface area contributed by atoms with Gasteiger partial charge in [-0.15, -0.1) is 6.58 Å². The molecule has 0 unspecified atom stereocenters. The van der Waals surface area contributed by atoms with E-state index in [1.165, 1.54) is 6.08 Å². The highest BCUT2D eigenvalue weighted by Crippen LogP contribution is 2.37. The predicted octanol–water partition coefficient (Wildman–Crippen LogP) is 4.50. The van der Waals surface area contributed by atoms with Crippen molar-refractivity contribution in [1.82, 2.24) is 0 Å². The van der Waals surface area contributed by atoms with Crippen LogP contribution in [0.4, 0.5) is 0 Å². The molecule has 4 nitrogen and oxygen atoms in total. The molecule has 0 fully saturated rings. The van der Waals surface area contributed by atoms with E-state index in [4.69, 9.17) is 9.47 Å². The van der Waals surface area contributed by atoms with Crippen molar-refractivity contribution in [1.29, 1.82) is 0 Å². The number of hydrogen-bond donors (Lipinski definition) is 0. The second-order valence-electron chi connectivity index (χ2n) is 5.19. The molecule has 0 aliphatic carbocycles. The van der Waals surface area contributed by atoms with E-state index in [0.717, 1.165) is 5.56 Å². The lowest BCUT2D eigenvalue weighted by Crippen LogP contribution is -2.42. The Morgan fingerprint density at radius 1 is 1.12 bits per heavy atom. The van der Waals surface area contributed by atoms with Gasteiger partial charge < -0.3 is 9.47 Å². The van der Waals surface area contributed by atoms with Crippen LogP contribution in [-0.4, -0.2) is 25.2 Å². The van der Waals surface area contributed by atoms with E-state index in [1.807, 2.05) is 36.4 Å². The van der Waals surface area contributed by atoms with E-state index in [2.05, 4.69) is 22.5 Å². The Morgan fingerprint density at radius 2 is 1.67 bits per heavy atom. The molecule has 0 radical (unpaired) electrons. The molecule has 0 saturated heterocycles. The Hall–Kier alpha value is -1.88. The Morgan fingerprint density at radius 3 is 2.12 bits per heavy atom. The first-order chi connectivity index (χ1) is 11.5. The van der Waals surface area contributed by atoms with Crippen LogP contribution in [0.1, 0.15) is 32.3 Å². The molecular formula is C19H23BrO4. The number of allylic oxidation sites excluding steroid dienone is 2. The van der Waals surface area contributed by atoms with E-state index < -0.39 is 17.4 Å². The summed E-state index contributed by atoms with van der Waals surface area (Å²) >= 11 is 3.47. The monoisotopic (exact) mass is 394 g/mol. The van der Waals surface area contributed by atoms with E-state index in [0.29, 0.717) is 4.48 Å². The standard InChI is InChI=1S/C19H23BrO4/c1-4-12-19(17(21)23-5-2,18(22)24-6-3)14-16(20)13-15-10-8-7-9-11-15/h4,7-11,13H,1,5-6,12,14H2,2-3H3/b16-13-. The highest BCUT2D eigenvalue weighted by Gasteiger charge is 2.48.